The molecule has 0 aromatic carbocycles. The molecule has 28 heavy (non-hydrogen) atoms. The van der Waals surface area contributed by atoms with Crippen molar-refractivity contribution in [3.63, 3.8) is 0 Å². The van der Waals surface area contributed by atoms with Gasteiger partial charge in [0, 0.05) is 30.1 Å². The summed E-state index contributed by atoms with van der Waals surface area (Å²) >= 11 is -0.354. The molecule has 7 heteroatoms. The molecule has 0 nitrogen and oxygen atoms in total. The first kappa shape index (κ1) is 29.6. The SMILES string of the molecule is CC1=[C]([Si](C)(C)C)[Sn+][C]([Si](C)(C)C)=C1C.C[Si](C)(C)[Si]([Si](C)(C)C)[Si](C)(C)C. The minimum absolute atomic E-state index is 0.0255. The van der Waals surface area contributed by atoms with Gasteiger partial charge in [-0.3, -0.25) is 0 Å². The van der Waals surface area contributed by atoms with E-state index >= 15 is 0 Å². The summed E-state index contributed by atoms with van der Waals surface area (Å²) in [6.07, 6.45) is 0. The van der Waals surface area contributed by atoms with Crippen molar-refractivity contribution in [1.82, 2.24) is 0 Å². The number of allylic oxidation sites excluding steroid dienone is 2. The second kappa shape index (κ2) is 9.60. The Morgan fingerprint density at radius 2 is 0.679 bits per heavy atom. The fourth-order valence-electron chi connectivity index (χ4n) is 5.56. The minimum Gasteiger partial charge on any atom is -0.0721 e. The third-order valence-corrected chi connectivity index (χ3v) is 85.7. The first-order valence-corrected chi connectivity index (χ1v) is 35.9. The van der Waals surface area contributed by atoms with Crippen LogP contribution in [0.3, 0.4) is 0 Å². The summed E-state index contributed by atoms with van der Waals surface area (Å²) in [7, 11) is -4.50. The van der Waals surface area contributed by atoms with Crippen molar-refractivity contribution < 1.29 is 0 Å². The minimum atomic E-state index is -1.01. The van der Waals surface area contributed by atoms with Crippen LogP contribution in [0.1, 0.15) is 13.8 Å². The zero-order valence-electron chi connectivity index (χ0n) is 22.5. The fraction of sp³-hybridized carbons (Fsp3) is 0.810. The number of hydrogen-bond donors (Lipinski definition) is 0. The molecular weight excluding hydrogens is 539 g/mol. The topological polar surface area (TPSA) is 0 Å². The van der Waals surface area contributed by atoms with E-state index in [9.17, 15) is 0 Å². The van der Waals surface area contributed by atoms with E-state index in [1.54, 1.807) is 11.1 Å². The van der Waals surface area contributed by atoms with Crippen LogP contribution >= 0.6 is 0 Å². The Balaban J connectivity index is 0.000000528. The van der Waals surface area contributed by atoms with Gasteiger partial charge in [0.2, 0.25) is 0 Å². The van der Waals surface area contributed by atoms with Gasteiger partial charge in [-0.15, -0.1) is 0 Å². The molecule has 1 aliphatic rings. The molecule has 0 saturated carbocycles. The van der Waals surface area contributed by atoms with Crippen LogP contribution in [0.4, 0.5) is 0 Å². The smallest absolute Gasteiger partial charge is 0.0306 e. The molecule has 0 aromatic heterocycles. The van der Waals surface area contributed by atoms with Gasteiger partial charge in [-0.2, -0.15) is 0 Å². The van der Waals surface area contributed by atoms with Crippen molar-refractivity contribution >= 4 is 67.4 Å². The molecule has 0 bridgehead atoms. The number of hydrogen-bond acceptors (Lipinski definition) is 0. The van der Waals surface area contributed by atoms with Gasteiger partial charge in [0.15, 0.2) is 0 Å². The van der Waals surface area contributed by atoms with Gasteiger partial charge in [0.05, 0.1) is 0 Å². The molecule has 0 spiro atoms. The first-order chi connectivity index (χ1) is 11.9. The van der Waals surface area contributed by atoms with Gasteiger partial charge in [-0.25, -0.2) is 0 Å². The van der Waals surface area contributed by atoms with Gasteiger partial charge < -0.3 is 0 Å². The predicted molar refractivity (Wildman–Crippen MR) is 154 cm³/mol. The molecule has 0 atom stereocenters. The zero-order chi connectivity index (χ0) is 23.1. The summed E-state index contributed by atoms with van der Waals surface area (Å²) in [4.78, 5) is 0. The molecule has 0 amide bonds. The first-order valence-electron chi connectivity index (χ1n) is 11.0. The summed E-state index contributed by atoms with van der Waals surface area (Å²) < 4.78 is 3.95. The third-order valence-electron chi connectivity index (χ3n) is 5.31. The van der Waals surface area contributed by atoms with Crippen LogP contribution in [-0.2, 0) is 0 Å². The van der Waals surface area contributed by atoms with Crippen LogP contribution < -0.4 is 0 Å². The molecule has 2 radical (unpaired) electrons. The van der Waals surface area contributed by atoms with Crippen molar-refractivity contribution in [2.45, 2.75) is 112 Å². The summed E-state index contributed by atoms with van der Waals surface area (Å²) in [6.45, 7) is 43.4. The maximum absolute atomic E-state index is 2.61. The van der Waals surface area contributed by atoms with E-state index in [1.165, 1.54) is 0 Å². The van der Waals surface area contributed by atoms with Crippen molar-refractivity contribution in [2.24, 2.45) is 0 Å². The standard InChI is InChI=1S/C12H24Si2.C9H27Si4.Sn/c1-11(9-13(3,4)5)12(2)10-14(6,7)8;1-11(2,3)10(12(4,5)6)13(7,8)9;/h1-8H3;1-9H3;/q;;+1. The second-order valence-corrected chi connectivity index (χ2v) is 66.9. The summed E-state index contributed by atoms with van der Waals surface area (Å²) in [5.41, 5.74) is 3.41. The second-order valence-electron chi connectivity index (χ2n) is 13.8. The van der Waals surface area contributed by atoms with Gasteiger partial charge >= 0.3 is 108 Å². The molecule has 162 valence electrons. The van der Waals surface area contributed by atoms with E-state index in [0.717, 1.165) is 0 Å². The zero-order valence-corrected chi connectivity index (χ0v) is 31.4. The van der Waals surface area contributed by atoms with E-state index in [1.807, 2.05) is 6.42 Å². The Labute approximate surface area is 195 Å². The maximum atomic E-state index is 2.61. The summed E-state index contributed by atoms with van der Waals surface area (Å²) in [5, 5.41) is 0. The van der Waals surface area contributed by atoms with Crippen LogP contribution in [-0.4, -0.2) is 67.4 Å². The fourth-order valence-corrected chi connectivity index (χ4v) is 108. The molecular formula is C21H51Si6Sn+. The molecule has 0 unspecified atom stereocenters. The molecule has 0 fully saturated rings. The van der Waals surface area contributed by atoms with E-state index in [0.29, 0.717) is 0 Å². The molecule has 0 aromatic rings. The molecule has 1 heterocycles. The van der Waals surface area contributed by atoms with Gasteiger partial charge in [0.1, 0.15) is 0 Å². The van der Waals surface area contributed by atoms with Crippen LogP contribution in [0, 0.1) is 0 Å². The Hall–Kier alpha value is 1.58. The van der Waals surface area contributed by atoms with Gasteiger partial charge in [0.25, 0.3) is 0 Å². The maximum Gasteiger partial charge on any atom is 0.0306 e. The monoisotopic (exact) mass is 591 g/mol. The van der Waals surface area contributed by atoms with Gasteiger partial charge in [-0.1, -0.05) is 58.9 Å². The third kappa shape index (κ3) is 8.61. The molecule has 1 rings (SSSR count). The van der Waals surface area contributed by atoms with Crippen LogP contribution in [0.15, 0.2) is 17.6 Å². The van der Waals surface area contributed by atoms with E-state index < -0.39 is 38.9 Å². The largest absolute Gasteiger partial charge is 0.0721 e. The Morgan fingerprint density at radius 1 is 0.464 bits per heavy atom. The Morgan fingerprint density at radius 3 is 0.750 bits per heavy atom. The quantitative estimate of drug-likeness (QED) is 0.288. The predicted octanol–water partition coefficient (Wildman–Crippen LogP) is 7.74. The molecule has 1 aliphatic heterocycles. The van der Waals surface area contributed by atoms with Crippen molar-refractivity contribution in [1.29, 1.82) is 0 Å². The average molecular weight is 591 g/mol. The van der Waals surface area contributed by atoms with Crippen LogP contribution in [0.2, 0.25) is 98.2 Å². The molecule has 0 N–H and O–H groups in total. The van der Waals surface area contributed by atoms with E-state index in [2.05, 4.69) is 112 Å². The van der Waals surface area contributed by atoms with Crippen molar-refractivity contribution in [2.75, 3.05) is 0 Å². The van der Waals surface area contributed by atoms with E-state index in [-0.39, 0.29) is 28.5 Å². The number of rotatable bonds is 5. The summed E-state index contributed by atoms with van der Waals surface area (Å²) in [6, 6.07) is 0. The van der Waals surface area contributed by atoms with E-state index in [4.69, 9.17) is 0 Å². The molecule has 0 aliphatic carbocycles. The molecule has 0 saturated heterocycles. The normalized spacial score (nSPS) is 17.1. The summed E-state index contributed by atoms with van der Waals surface area (Å²) in [5.74, 6) is 0. The van der Waals surface area contributed by atoms with Crippen molar-refractivity contribution in [3.05, 3.63) is 17.6 Å². The van der Waals surface area contributed by atoms with Crippen molar-refractivity contribution in [3.8, 4) is 0 Å². The average Bonchev–Trinajstić information content (AvgIpc) is 2.59. The Kier molecular flexibility index (Phi) is 10.1. The Bertz CT molecular complexity index is 546. The van der Waals surface area contributed by atoms with Crippen LogP contribution in [0.5, 0.6) is 0 Å². The van der Waals surface area contributed by atoms with Gasteiger partial charge in [-0.05, 0) is 0 Å². The van der Waals surface area contributed by atoms with Crippen LogP contribution in [0.25, 0.3) is 0 Å².